The van der Waals surface area contributed by atoms with Crippen LogP contribution in [0.2, 0.25) is 0 Å². The van der Waals surface area contributed by atoms with Crippen LogP contribution in [0.25, 0.3) is 0 Å². The van der Waals surface area contributed by atoms with Gasteiger partial charge in [0.1, 0.15) is 0 Å². The molecule has 3 atom stereocenters. The first kappa shape index (κ1) is 15.6. The average Bonchev–Trinajstić information content (AvgIpc) is 2.39. The number of ether oxygens (including phenoxy) is 2. The van der Waals surface area contributed by atoms with Crippen LogP contribution < -0.4 is 0 Å². The zero-order valence-electron chi connectivity index (χ0n) is 10.1. The molecule has 0 aromatic carbocycles. The van der Waals surface area contributed by atoms with Gasteiger partial charge in [0.25, 0.3) is 0 Å². The number of aliphatic hydroxyl groups is 1. The molecule has 1 rings (SSSR count). The topological polar surface area (TPSA) is 38.7 Å². The van der Waals surface area contributed by atoms with E-state index < -0.39 is 36.2 Å². The van der Waals surface area contributed by atoms with Gasteiger partial charge in [-0.2, -0.15) is 22.0 Å². The molecule has 0 amide bonds. The molecule has 0 radical (unpaired) electrons. The van der Waals surface area contributed by atoms with E-state index in [1.54, 1.807) is 6.92 Å². The summed E-state index contributed by atoms with van der Waals surface area (Å²) in [5.41, 5.74) is -2.52. The molecule has 8 heteroatoms. The van der Waals surface area contributed by atoms with E-state index in [2.05, 4.69) is 4.74 Å². The maximum Gasteiger partial charge on any atom is 0.449 e. The molecule has 3 unspecified atom stereocenters. The normalized spacial score (nSPS) is 37.8. The summed E-state index contributed by atoms with van der Waals surface area (Å²) in [6, 6.07) is 0. The van der Waals surface area contributed by atoms with Crippen molar-refractivity contribution in [3.05, 3.63) is 0 Å². The van der Waals surface area contributed by atoms with Crippen LogP contribution in [-0.2, 0) is 9.47 Å². The van der Waals surface area contributed by atoms with Crippen molar-refractivity contribution in [3.8, 4) is 0 Å². The van der Waals surface area contributed by atoms with E-state index in [9.17, 15) is 22.0 Å². The Hall–Kier alpha value is -0.470. The molecule has 0 aromatic heterocycles. The van der Waals surface area contributed by atoms with Gasteiger partial charge in [-0.25, -0.2) is 0 Å². The lowest BCUT2D eigenvalue weighted by Gasteiger charge is -2.37. The predicted molar refractivity (Wildman–Crippen MR) is 51.1 cm³/mol. The number of hydrogen-bond acceptors (Lipinski definition) is 3. The van der Waals surface area contributed by atoms with Crippen LogP contribution in [0, 0.1) is 0 Å². The van der Waals surface area contributed by atoms with Crippen molar-refractivity contribution < 1.29 is 36.5 Å². The highest BCUT2D eigenvalue weighted by Crippen LogP contribution is 2.54. The van der Waals surface area contributed by atoms with Crippen LogP contribution in [0.4, 0.5) is 22.0 Å². The van der Waals surface area contributed by atoms with E-state index in [0.29, 0.717) is 6.42 Å². The summed E-state index contributed by atoms with van der Waals surface area (Å²) >= 11 is 0. The highest BCUT2D eigenvalue weighted by molar-refractivity contribution is 5.09. The molecule has 1 aliphatic heterocycles. The smallest absolute Gasteiger partial charge is 0.363 e. The fraction of sp³-hybridized carbons (Fsp3) is 1.00. The third-order valence-electron chi connectivity index (χ3n) is 3.07. The largest absolute Gasteiger partial charge is 0.449 e. The van der Waals surface area contributed by atoms with Crippen LogP contribution in [0.5, 0.6) is 0 Å². The van der Waals surface area contributed by atoms with Gasteiger partial charge in [-0.1, -0.05) is 6.92 Å². The van der Waals surface area contributed by atoms with E-state index in [1.165, 1.54) is 6.92 Å². The van der Waals surface area contributed by atoms with Crippen molar-refractivity contribution in [2.45, 2.75) is 56.8 Å². The van der Waals surface area contributed by atoms with Gasteiger partial charge < -0.3 is 14.6 Å². The molecule has 1 aliphatic rings. The Morgan fingerprint density at radius 2 is 1.89 bits per heavy atom. The fourth-order valence-corrected chi connectivity index (χ4v) is 1.68. The number of halogens is 5. The van der Waals surface area contributed by atoms with Gasteiger partial charge in [0.15, 0.2) is 5.60 Å². The van der Waals surface area contributed by atoms with E-state index >= 15 is 0 Å². The Morgan fingerprint density at radius 1 is 1.39 bits per heavy atom. The van der Waals surface area contributed by atoms with Gasteiger partial charge in [0.2, 0.25) is 0 Å². The minimum atomic E-state index is -5.60. The molecule has 0 spiro atoms. The van der Waals surface area contributed by atoms with Gasteiger partial charge in [-0.15, -0.1) is 0 Å². The molecule has 1 fully saturated rings. The first-order valence-corrected chi connectivity index (χ1v) is 5.40. The van der Waals surface area contributed by atoms with Gasteiger partial charge in [-0.3, -0.25) is 0 Å². The molecular formula is C10H15F5O3. The Morgan fingerprint density at radius 3 is 2.22 bits per heavy atom. The van der Waals surface area contributed by atoms with Gasteiger partial charge in [0, 0.05) is 0 Å². The number of alkyl halides is 5. The molecule has 108 valence electrons. The Bertz CT molecular complexity index is 319. The molecule has 1 heterocycles. The standard InChI is InChI=1S/C10H15F5O3/c1-4-6(2)18-7(3)5-17-9(16,8(7,11)12)10(13,14)15/h6,16H,4-5H2,1-3H3. The summed E-state index contributed by atoms with van der Waals surface area (Å²) in [7, 11) is 0. The van der Waals surface area contributed by atoms with Crippen molar-refractivity contribution in [2.24, 2.45) is 0 Å². The third kappa shape index (κ3) is 2.00. The van der Waals surface area contributed by atoms with E-state index in [0.717, 1.165) is 6.92 Å². The fourth-order valence-electron chi connectivity index (χ4n) is 1.68. The summed E-state index contributed by atoms with van der Waals surface area (Å²) in [6.07, 6.45) is -5.94. The van der Waals surface area contributed by atoms with Gasteiger partial charge in [-0.05, 0) is 20.3 Å². The second kappa shape index (κ2) is 4.28. The zero-order valence-corrected chi connectivity index (χ0v) is 10.1. The molecule has 0 bridgehead atoms. The molecule has 18 heavy (non-hydrogen) atoms. The Kier molecular flexibility index (Phi) is 3.70. The SMILES string of the molecule is CCC(C)OC1(C)COC(O)(C(F)(F)F)C1(F)F. The van der Waals surface area contributed by atoms with E-state index in [1.807, 2.05) is 0 Å². The first-order valence-electron chi connectivity index (χ1n) is 5.40. The summed E-state index contributed by atoms with van der Waals surface area (Å²) in [5.74, 6) is -9.11. The minimum Gasteiger partial charge on any atom is -0.363 e. The van der Waals surface area contributed by atoms with Crippen LogP contribution in [-0.4, -0.2) is 41.3 Å². The zero-order chi connectivity index (χ0) is 14.4. The Balaban J connectivity index is 3.09. The first-order chi connectivity index (χ1) is 7.91. The summed E-state index contributed by atoms with van der Waals surface area (Å²) in [5, 5.41) is 9.10. The lowest BCUT2D eigenvalue weighted by Crippen LogP contribution is -2.63. The van der Waals surface area contributed by atoms with Crippen molar-refractivity contribution in [3.63, 3.8) is 0 Å². The van der Waals surface area contributed by atoms with Crippen LogP contribution in [0.15, 0.2) is 0 Å². The molecule has 3 nitrogen and oxygen atoms in total. The monoisotopic (exact) mass is 278 g/mol. The highest BCUT2D eigenvalue weighted by Gasteiger charge is 2.81. The third-order valence-corrected chi connectivity index (χ3v) is 3.07. The average molecular weight is 278 g/mol. The maximum absolute atomic E-state index is 13.8. The van der Waals surface area contributed by atoms with Crippen LogP contribution in [0.3, 0.4) is 0 Å². The predicted octanol–water partition coefficient (Wildman–Crippen LogP) is 2.48. The number of hydrogen-bond donors (Lipinski definition) is 1. The van der Waals surface area contributed by atoms with Crippen LogP contribution in [0.1, 0.15) is 27.2 Å². The second-order valence-electron chi connectivity index (χ2n) is 4.57. The van der Waals surface area contributed by atoms with Gasteiger partial charge in [0.05, 0.1) is 12.7 Å². The van der Waals surface area contributed by atoms with Crippen LogP contribution >= 0.6 is 0 Å². The van der Waals surface area contributed by atoms with E-state index in [-0.39, 0.29) is 0 Å². The van der Waals surface area contributed by atoms with Crippen molar-refractivity contribution in [1.29, 1.82) is 0 Å². The maximum atomic E-state index is 13.8. The molecule has 1 N–H and O–H groups in total. The molecular weight excluding hydrogens is 263 g/mol. The molecule has 1 saturated heterocycles. The van der Waals surface area contributed by atoms with Crippen molar-refractivity contribution >= 4 is 0 Å². The van der Waals surface area contributed by atoms with Gasteiger partial charge >= 0.3 is 17.9 Å². The van der Waals surface area contributed by atoms with Crippen molar-refractivity contribution in [2.75, 3.05) is 6.61 Å². The van der Waals surface area contributed by atoms with Crippen molar-refractivity contribution in [1.82, 2.24) is 0 Å². The lowest BCUT2D eigenvalue weighted by molar-refractivity contribution is -0.411. The van der Waals surface area contributed by atoms with E-state index in [4.69, 9.17) is 9.84 Å². The minimum absolute atomic E-state index is 0.343. The molecule has 0 saturated carbocycles. The summed E-state index contributed by atoms with van der Waals surface area (Å²) in [6.45, 7) is 2.84. The quantitative estimate of drug-likeness (QED) is 0.806. The molecule has 0 aliphatic carbocycles. The Labute approximate surface area is 101 Å². The highest BCUT2D eigenvalue weighted by atomic mass is 19.4. The molecule has 0 aromatic rings. The summed E-state index contributed by atoms with van der Waals surface area (Å²) in [4.78, 5) is 0. The summed E-state index contributed by atoms with van der Waals surface area (Å²) < 4.78 is 74.0. The lowest BCUT2D eigenvalue weighted by atomic mass is 9.94. The second-order valence-corrected chi connectivity index (χ2v) is 4.57. The number of rotatable bonds is 3.